The maximum Gasteiger partial charge on any atom is 0.273 e. The van der Waals surface area contributed by atoms with Crippen molar-refractivity contribution >= 4 is 33.7 Å². The fourth-order valence-electron chi connectivity index (χ4n) is 2.22. The van der Waals surface area contributed by atoms with Crippen molar-refractivity contribution in [2.24, 2.45) is 5.10 Å². The number of hydrazone groups is 1. The lowest BCUT2D eigenvalue weighted by Gasteiger charge is -2.14. The largest absolute Gasteiger partial charge is 0.377 e. The van der Waals surface area contributed by atoms with Crippen molar-refractivity contribution in [3.05, 3.63) is 64.1 Å². The summed E-state index contributed by atoms with van der Waals surface area (Å²) in [6.07, 6.45) is 0.908. The van der Waals surface area contributed by atoms with E-state index in [-0.39, 0.29) is 5.91 Å². The number of halogens is 1. The third-order valence-electron chi connectivity index (χ3n) is 3.42. The van der Waals surface area contributed by atoms with E-state index >= 15 is 0 Å². The van der Waals surface area contributed by atoms with Crippen molar-refractivity contribution in [2.45, 2.75) is 6.10 Å². The van der Waals surface area contributed by atoms with Gasteiger partial charge in [0.15, 0.2) is 6.10 Å². The van der Waals surface area contributed by atoms with E-state index in [1.165, 1.54) is 7.11 Å². The molecule has 2 aromatic rings. The number of methoxy groups -OCH3 is 1. The van der Waals surface area contributed by atoms with E-state index in [9.17, 15) is 4.79 Å². The molecule has 1 atom stereocenters. The summed E-state index contributed by atoms with van der Waals surface area (Å²) in [6.45, 7) is 0. The topological polar surface area (TPSA) is 53.9 Å². The van der Waals surface area contributed by atoms with Gasteiger partial charge in [0.05, 0.1) is 11.9 Å². The molecule has 5 nitrogen and oxygen atoms in total. The molecule has 0 aliphatic carbocycles. The number of amides is 1. The van der Waals surface area contributed by atoms with Crippen LogP contribution in [0.4, 0.5) is 5.69 Å². The third-order valence-corrected chi connectivity index (χ3v) is 4.05. The highest BCUT2D eigenvalue weighted by Crippen LogP contribution is 2.25. The summed E-state index contributed by atoms with van der Waals surface area (Å²) in [5.41, 5.74) is 5.25. The van der Waals surface area contributed by atoms with Gasteiger partial charge in [0.1, 0.15) is 0 Å². The van der Waals surface area contributed by atoms with Crippen molar-refractivity contribution in [3.8, 4) is 0 Å². The predicted molar refractivity (Wildman–Crippen MR) is 100 cm³/mol. The standard InChI is InChI=1S/C18H20BrN3O2/c1-22(2)16-10-9-13(11-15(16)19)12-20-21-18(23)17(24-3)14-7-5-4-6-8-14/h4-12,17H,1-3H3,(H,21,23)/b20-12-/t17-/m1/s1. The van der Waals surface area contributed by atoms with Crippen LogP contribution in [0.25, 0.3) is 0 Å². The van der Waals surface area contributed by atoms with Gasteiger partial charge in [0.25, 0.3) is 5.91 Å². The van der Waals surface area contributed by atoms with Gasteiger partial charge in [0, 0.05) is 25.7 Å². The van der Waals surface area contributed by atoms with Gasteiger partial charge in [-0.05, 0) is 39.2 Å². The zero-order valence-electron chi connectivity index (χ0n) is 13.9. The number of rotatable bonds is 6. The zero-order valence-corrected chi connectivity index (χ0v) is 15.4. The molecule has 0 spiro atoms. The van der Waals surface area contributed by atoms with Crippen molar-refractivity contribution in [1.82, 2.24) is 5.43 Å². The summed E-state index contributed by atoms with van der Waals surface area (Å²) in [5.74, 6) is -0.316. The Kier molecular flexibility index (Phi) is 6.52. The Morgan fingerprint density at radius 2 is 1.96 bits per heavy atom. The first-order chi connectivity index (χ1) is 11.5. The number of hydrogen-bond acceptors (Lipinski definition) is 4. The lowest BCUT2D eigenvalue weighted by atomic mass is 10.1. The molecule has 0 bridgehead atoms. The fourth-order valence-corrected chi connectivity index (χ4v) is 2.97. The second kappa shape index (κ2) is 8.61. The Morgan fingerprint density at radius 1 is 1.25 bits per heavy atom. The molecule has 2 aromatic carbocycles. The first-order valence-corrected chi connectivity index (χ1v) is 8.19. The molecule has 126 valence electrons. The van der Waals surface area contributed by atoms with Crippen molar-refractivity contribution in [1.29, 1.82) is 0 Å². The first-order valence-electron chi connectivity index (χ1n) is 7.40. The van der Waals surface area contributed by atoms with E-state index in [0.29, 0.717) is 0 Å². The van der Waals surface area contributed by atoms with Gasteiger partial charge in [-0.15, -0.1) is 0 Å². The van der Waals surface area contributed by atoms with Crippen LogP contribution < -0.4 is 10.3 Å². The summed E-state index contributed by atoms with van der Waals surface area (Å²) in [7, 11) is 5.45. The number of anilines is 1. The summed E-state index contributed by atoms with van der Waals surface area (Å²) in [5, 5.41) is 4.01. The molecule has 6 heteroatoms. The van der Waals surface area contributed by atoms with Crippen molar-refractivity contribution in [3.63, 3.8) is 0 Å². The maximum atomic E-state index is 12.2. The number of nitrogens with one attached hydrogen (secondary N) is 1. The highest BCUT2D eigenvalue weighted by molar-refractivity contribution is 9.10. The van der Waals surface area contributed by atoms with Gasteiger partial charge in [-0.2, -0.15) is 5.10 Å². The normalized spacial score (nSPS) is 12.2. The Labute approximate surface area is 150 Å². The molecule has 24 heavy (non-hydrogen) atoms. The van der Waals surface area contributed by atoms with Crippen LogP contribution in [0, 0.1) is 0 Å². The molecular formula is C18H20BrN3O2. The van der Waals surface area contributed by atoms with E-state index in [1.807, 2.05) is 67.5 Å². The quantitative estimate of drug-likeness (QED) is 0.608. The molecule has 0 saturated heterocycles. The van der Waals surface area contributed by atoms with Crippen LogP contribution >= 0.6 is 15.9 Å². The van der Waals surface area contributed by atoms with Gasteiger partial charge in [0.2, 0.25) is 0 Å². The highest BCUT2D eigenvalue weighted by atomic mass is 79.9. The number of ether oxygens (including phenoxy) is 1. The molecule has 0 aromatic heterocycles. The molecule has 0 aliphatic rings. The van der Waals surface area contributed by atoms with E-state index in [1.54, 1.807) is 6.21 Å². The third kappa shape index (κ3) is 4.66. The lowest BCUT2D eigenvalue weighted by Crippen LogP contribution is -2.26. The monoisotopic (exact) mass is 389 g/mol. The Hall–Kier alpha value is -2.18. The summed E-state index contributed by atoms with van der Waals surface area (Å²) in [4.78, 5) is 14.2. The second-order valence-electron chi connectivity index (χ2n) is 5.37. The van der Waals surface area contributed by atoms with Crippen LogP contribution in [0.15, 0.2) is 58.1 Å². The molecule has 0 fully saturated rings. The number of benzene rings is 2. The molecule has 1 N–H and O–H groups in total. The summed E-state index contributed by atoms with van der Waals surface area (Å²) < 4.78 is 6.22. The van der Waals surface area contributed by atoms with Crippen LogP contribution in [0.2, 0.25) is 0 Å². The van der Waals surface area contributed by atoms with E-state index in [4.69, 9.17) is 4.74 Å². The Morgan fingerprint density at radius 3 is 2.54 bits per heavy atom. The van der Waals surface area contributed by atoms with Gasteiger partial charge in [-0.1, -0.05) is 36.4 Å². The number of carbonyl (C=O) groups excluding carboxylic acids is 1. The molecule has 2 rings (SSSR count). The molecule has 0 radical (unpaired) electrons. The first kappa shape index (κ1) is 18.2. The molecular weight excluding hydrogens is 370 g/mol. The van der Waals surface area contributed by atoms with Crippen LogP contribution in [0.3, 0.4) is 0 Å². The smallest absolute Gasteiger partial charge is 0.273 e. The molecule has 0 aliphatic heterocycles. The minimum absolute atomic E-state index is 0.316. The number of hydrogen-bond donors (Lipinski definition) is 1. The van der Waals surface area contributed by atoms with Gasteiger partial charge < -0.3 is 9.64 Å². The van der Waals surface area contributed by atoms with Crippen molar-refractivity contribution < 1.29 is 9.53 Å². The highest BCUT2D eigenvalue weighted by Gasteiger charge is 2.19. The zero-order chi connectivity index (χ0) is 17.5. The minimum atomic E-state index is -0.689. The average Bonchev–Trinajstić information content (AvgIpc) is 2.56. The van der Waals surface area contributed by atoms with E-state index < -0.39 is 6.10 Å². The van der Waals surface area contributed by atoms with E-state index in [2.05, 4.69) is 26.5 Å². The number of carbonyl (C=O) groups is 1. The molecule has 0 heterocycles. The average molecular weight is 390 g/mol. The Balaban J connectivity index is 2.03. The fraction of sp³-hybridized carbons (Fsp3) is 0.222. The second-order valence-corrected chi connectivity index (χ2v) is 6.22. The van der Waals surface area contributed by atoms with Crippen LogP contribution in [-0.2, 0) is 9.53 Å². The predicted octanol–water partition coefficient (Wildman–Crippen LogP) is 3.35. The summed E-state index contributed by atoms with van der Waals surface area (Å²) in [6, 6.07) is 15.2. The lowest BCUT2D eigenvalue weighted by molar-refractivity contribution is -0.131. The van der Waals surface area contributed by atoms with Gasteiger partial charge in [-0.3, -0.25) is 4.79 Å². The van der Waals surface area contributed by atoms with Gasteiger partial charge >= 0.3 is 0 Å². The SMILES string of the molecule is CO[C@@H](C(=O)N/N=C\c1ccc(N(C)C)c(Br)c1)c1ccccc1. The molecule has 0 saturated carbocycles. The Bertz CT molecular complexity index is 717. The van der Waals surface area contributed by atoms with Crippen LogP contribution in [-0.4, -0.2) is 33.3 Å². The van der Waals surface area contributed by atoms with Crippen LogP contribution in [0.5, 0.6) is 0 Å². The van der Waals surface area contributed by atoms with Crippen LogP contribution in [0.1, 0.15) is 17.2 Å². The van der Waals surface area contributed by atoms with Crippen molar-refractivity contribution in [2.75, 3.05) is 26.1 Å². The minimum Gasteiger partial charge on any atom is -0.377 e. The van der Waals surface area contributed by atoms with E-state index in [0.717, 1.165) is 21.3 Å². The summed E-state index contributed by atoms with van der Waals surface area (Å²) >= 11 is 3.52. The molecule has 0 unspecified atom stereocenters. The number of nitrogens with zero attached hydrogens (tertiary/aromatic N) is 2. The van der Waals surface area contributed by atoms with Gasteiger partial charge in [-0.25, -0.2) is 5.43 Å². The molecule has 1 amide bonds. The maximum absolute atomic E-state index is 12.2.